The van der Waals surface area contributed by atoms with Gasteiger partial charge in [-0.15, -0.1) is 0 Å². The Morgan fingerprint density at radius 3 is 1.84 bits per heavy atom. The van der Waals surface area contributed by atoms with Crippen molar-refractivity contribution in [3.63, 3.8) is 0 Å². The highest BCUT2D eigenvalue weighted by Crippen LogP contribution is 2.40. The summed E-state index contributed by atoms with van der Waals surface area (Å²) >= 11 is 0. The van der Waals surface area contributed by atoms with Gasteiger partial charge in [0, 0.05) is 31.6 Å². The lowest BCUT2D eigenvalue weighted by molar-refractivity contribution is -0.276. The first-order chi connectivity index (χ1) is 36.2. The monoisotopic (exact) mass is 1130 g/mol. The van der Waals surface area contributed by atoms with Gasteiger partial charge in [0.25, 0.3) is 0 Å². The zero-order valence-corrected chi connectivity index (χ0v) is 49.9. The molecule has 3 fully saturated rings. The molecule has 0 spiro atoms. The van der Waals surface area contributed by atoms with Crippen LogP contribution in [0.2, 0.25) is 0 Å². The fourth-order valence-electron chi connectivity index (χ4n) is 9.62. The molecule has 8 N–H and O–H groups in total. The second-order valence-electron chi connectivity index (χ2n) is 26.5. The van der Waals surface area contributed by atoms with Gasteiger partial charge in [-0.1, -0.05) is 12.1 Å². The van der Waals surface area contributed by atoms with Crippen LogP contribution in [0, 0.1) is 22.7 Å². The average Bonchev–Trinajstić information content (AvgIpc) is 4.11. The first-order valence-corrected chi connectivity index (χ1v) is 27.4. The second kappa shape index (κ2) is 26.6. The number of nitrogens with one attached hydrogen (secondary N) is 6. The number of nitroso groups, excluding NO2 is 1. The number of hydrogen-bond acceptors (Lipinski definition) is 19. The van der Waals surface area contributed by atoms with Crippen molar-refractivity contribution >= 4 is 36.4 Å². The standard InChI is InChI=1S/C54H94N8O17/c1-29(26-56-44(65)75-49(2,3)4)42(64)57-35-25-34(60-47(68)78-52(11,12)13)36(38(63)40(35)74-43-37(61-71)41(54(17,70)28-72-43)62(18)48(69)79-53(14,15)16)39-33(59-46(67)77-51(8,9)10)22-21-31(73-39)27-55-24-23-32(30-19-20-30)58-45(66)76-50(5,6)7/h21,29-30,32-41,43,55,63,70H,19-20,22-28H2,1-18H3,(H,56,65)(H,57,64)(H,58,66)(H,59,67)(H,60,68)/t29-,32?,33+,34-,35+,36?,37+,38-,39-,40-,41+,43+,54-/m0/s1. The minimum absolute atomic E-state index is 0.138. The van der Waals surface area contributed by atoms with Crippen LogP contribution in [0.4, 0.5) is 24.0 Å². The van der Waals surface area contributed by atoms with Crippen LogP contribution >= 0.6 is 0 Å². The predicted octanol–water partition coefficient (Wildman–Crippen LogP) is 5.62. The van der Waals surface area contributed by atoms with E-state index in [9.17, 15) is 43.9 Å². The van der Waals surface area contributed by atoms with E-state index < -0.39 is 143 Å². The topological polar surface area (TPSA) is 322 Å². The van der Waals surface area contributed by atoms with Gasteiger partial charge in [0.2, 0.25) is 5.91 Å². The van der Waals surface area contributed by atoms with E-state index in [0.717, 1.165) is 17.7 Å². The summed E-state index contributed by atoms with van der Waals surface area (Å²) in [5, 5.41) is 45.9. The Labute approximate surface area is 466 Å². The molecule has 4 aliphatic rings. The molecule has 0 aromatic carbocycles. The van der Waals surface area contributed by atoms with Crippen LogP contribution in [0.25, 0.3) is 0 Å². The number of amides is 6. The van der Waals surface area contributed by atoms with Crippen molar-refractivity contribution < 1.29 is 76.9 Å². The molecule has 4 rings (SSSR count). The van der Waals surface area contributed by atoms with Crippen LogP contribution in [0.3, 0.4) is 0 Å². The van der Waals surface area contributed by atoms with E-state index in [4.69, 9.17) is 37.9 Å². The van der Waals surface area contributed by atoms with Crippen molar-refractivity contribution in [1.29, 1.82) is 0 Å². The molecule has 452 valence electrons. The lowest BCUT2D eigenvalue weighted by Crippen LogP contribution is -2.70. The molecule has 13 atom stereocenters. The van der Waals surface area contributed by atoms with E-state index in [1.807, 2.05) is 0 Å². The predicted molar refractivity (Wildman–Crippen MR) is 289 cm³/mol. The fraction of sp³-hybridized carbons (Fsp3) is 0.852. The van der Waals surface area contributed by atoms with E-state index in [-0.39, 0.29) is 32.0 Å². The van der Waals surface area contributed by atoms with Gasteiger partial charge < -0.3 is 84.9 Å². The summed E-state index contributed by atoms with van der Waals surface area (Å²) in [6.07, 6.45) is -5.88. The van der Waals surface area contributed by atoms with E-state index in [0.29, 0.717) is 24.6 Å². The van der Waals surface area contributed by atoms with Gasteiger partial charge >= 0.3 is 30.5 Å². The van der Waals surface area contributed by atoms with Crippen molar-refractivity contribution in [3.8, 4) is 0 Å². The molecule has 25 nitrogen and oxygen atoms in total. The average molecular weight is 1130 g/mol. The maximum atomic E-state index is 14.3. The molecule has 2 aliphatic carbocycles. The SMILES string of the molecule is C[C@@H](CNC(=O)OC(C)(C)C)C(=O)N[C@@H]1C[C@H](NC(=O)OC(C)(C)C)C([C@H]2OC(CNCCC(NC(=O)OC(C)(C)C)C3CC3)=CC[C@H]2NC(=O)OC(C)(C)C)[C@H](O)[C@H]1O[C@H]1OC[C@](C)(O)[C@H](N(C)C(=O)OC(C)(C)C)[C@H]1N=O. The van der Waals surface area contributed by atoms with Crippen LogP contribution in [0.1, 0.15) is 150 Å². The second-order valence-corrected chi connectivity index (χ2v) is 26.5. The van der Waals surface area contributed by atoms with Gasteiger partial charge in [-0.05, 0) is 161 Å². The maximum Gasteiger partial charge on any atom is 0.410 e. The quantitative estimate of drug-likeness (QED) is 0.0469. The van der Waals surface area contributed by atoms with Gasteiger partial charge in [0.15, 0.2) is 12.3 Å². The molecule has 0 aromatic rings. The lowest BCUT2D eigenvalue weighted by Gasteiger charge is -2.52. The third kappa shape index (κ3) is 21.6. The largest absolute Gasteiger partial charge is 0.491 e. The number of likely N-dealkylation sites (N-methyl/N-ethyl adjacent to an activating group) is 1. The van der Waals surface area contributed by atoms with Crippen LogP contribution in [-0.4, -0.2) is 179 Å². The van der Waals surface area contributed by atoms with E-state index in [2.05, 4.69) is 37.1 Å². The summed E-state index contributed by atoms with van der Waals surface area (Å²) in [7, 11) is 1.33. The van der Waals surface area contributed by atoms with Crippen LogP contribution in [0.5, 0.6) is 0 Å². The molecule has 6 amide bonds. The van der Waals surface area contributed by atoms with Crippen LogP contribution in [0.15, 0.2) is 17.0 Å². The number of ether oxygens (including phenoxy) is 8. The summed E-state index contributed by atoms with van der Waals surface area (Å²) in [6, 6.07) is -6.56. The Bertz CT molecular complexity index is 2140. The Hall–Kier alpha value is -5.24. The van der Waals surface area contributed by atoms with Crippen molar-refractivity contribution in [2.24, 2.45) is 22.9 Å². The molecule has 79 heavy (non-hydrogen) atoms. The summed E-state index contributed by atoms with van der Waals surface area (Å²) in [6.45, 7) is 28.3. The normalized spacial score (nSPS) is 28.4. The van der Waals surface area contributed by atoms with Gasteiger partial charge in [0.05, 0.1) is 43.3 Å². The van der Waals surface area contributed by atoms with E-state index >= 15 is 0 Å². The minimum Gasteiger partial charge on any atom is -0.491 e. The van der Waals surface area contributed by atoms with Gasteiger partial charge in [-0.25, -0.2) is 24.0 Å². The maximum absolute atomic E-state index is 14.3. The molecular formula is C54H94N8O17. The number of rotatable bonds is 18. The number of nitrogens with zero attached hydrogens (tertiary/aromatic N) is 2. The molecule has 2 aliphatic heterocycles. The highest BCUT2D eigenvalue weighted by Gasteiger charge is 2.57. The van der Waals surface area contributed by atoms with Crippen molar-refractivity contribution in [1.82, 2.24) is 36.8 Å². The Kier molecular flexibility index (Phi) is 22.3. The molecule has 25 heteroatoms. The molecule has 2 unspecified atom stereocenters. The Morgan fingerprint density at radius 1 is 0.772 bits per heavy atom. The third-order valence-corrected chi connectivity index (χ3v) is 13.0. The molecule has 2 saturated carbocycles. The Morgan fingerprint density at radius 2 is 1.30 bits per heavy atom. The molecule has 0 radical (unpaired) electrons. The first-order valence-electron chi connectivity index (χ1n) is 27.4. The minimum atomic E-state index is -1.90. The Balaban J connectivity index is 1.79. The summed E-state index contributed by atoms with van der Waals surface area (Å²) in [5.41, 5.74) is -6.28. The summed E-state index contributed by atoms with van der Waals surface area (Å²) < 4.78 is 47.4. The van der Waals surface area contributed by atoms with E-state index in [1.165, 1.54) is 14.0 Å². The zero-order valence-electron chi connectivity index (χ0n) is 49.9. The molecular weight excluding hydrogens is 1030 g/mol. The van der Waals surface area contributed by atoms with Crippen LogP contribution < -0.4 is 31.9 Å². The number of hydrogen-bond donors (Lipinski definition) is 8. The molecule has 0 bridgehead atoms. The third-order valence-electron chi connectivity index (χ3n) is 13.0. The number of aliphatic hydroxyl groups excluding tert-OH is 1. The molecule has 1 saturated heterocycles. The highest BCUT2D eigenvalue weighted by molar-refractivity contribution is 5.80. The first kappa shape index (κ1) is 66.3. The van der Waals surface area contributed by atoms with Gasteiger partial charge in [-0.2, -0.15) is 4.91 Å². The van der Waals surface area contributed by atoms with Gasteiger partial charge in [0.1, 0.15) is 51.6 Å². The summed E-state index contributed by atoms with van der Waals surface area (Å²) in [5.74, 6) is -2.08. The van der Waals surface area contributed by atoms with Crippen LogP contribution in [-0.2, 0) is 42.7 Å². The number of carbonyl (C=O) groups is 6. The number of aliphatic hydroxyl groups is 2. The highest BCUT2D eigenvalue weighted by atomic mass is 16.7. The number of carbonyl (C=O) groups excluding carboxylic acids is 6. The van der Waals surface area contributed by atoms with Gasteiger partial charge in [-0.3, -0.25) is 4.79 Å². The van der Waals surface area contributed by atoms with Crippen molar-refractivity contribution in [2.75, 3.05) is 33.3 Å². The van der Waals surface area contributed by atoms with Crippen molar-refractivity contribution in [3.05, 3.63) is 16.7 Å². The van der Waals surface area contributed by atoms with E-state index in [1.54, 1.807) is 117 Å². The molecule has 2 heterocycles. The fourth-order valence-corrected chi connectivity index (χ4v) is 9.62. The smallest absolute Gasteiger partial charge is 0.410 e. The zero-order chi connectivity index (χ0) is 59.8. The number of alkyl carbamates (subject to hydrolysis) is 4. The summed E-state index contributed by atoms with van der Waals surface area (Å²) in [4.78, 5) is 94.9. The molecule has 0 aromatic heterocycles. The van der Waals surface area contributed by atoms with Crippen molar-refractivity contribution in [2.45, 2.75) is 244 Å². The lowest BCUT2D eigenvalue weighted by atomic mass is 9.72.